The fraction of sp³-hybridized carbons (Fsp3) is 0.350. The van der Waals surface area contributed by atoms with Crippen LogP contribution in [0.4, 0.5) is 5.69 Å². The number of amides is 1. The summed E-state index contributed by atoms with van der Waals surface area (Å²) in [6.45, 7) is 5.75. The summed E-state index contributed by atoms with van der Waals surface area (Å²) in [6.07, 6.45) is 0. The quantitative estimate of drug-likeness (QED) is 0.712. The van der Waals surface area contributed by atoms with Gasteiger partial charge in [0, 0.05) is 23.3 Å². The second-order valence-electron chi connectivity index (χ2n) is 5.84. The summed E-state index contributed by atoms with van der Waals surface area (Å²) in [7, 11) is 1.88. The zero-order valence-electron chi connectivity index (χ0n) is 15.4. The van der Waals surface area contributed by atoms with E-state index in [2.05, 4.69) is 5.32 Å². The van der Waals surface area contributed by atoms with Gasteiger partial charge in [0.2, 0.25) is 5.91 Å². The highest BCUT2D eigenvalue weighted by Crippen LogP contribution is 2.30. The predicted octanol–water partition coefficient (Wildman–Crippen LogP) is 4.21. The highest BCUT2D eigenvalue weighted by Gasteiger charge is 2.11. The number of benzene rings is 2. The van der Waals surface area contributed by atoms with E-state index in [0.717, 1.165) is 5.56 Å². The van der Waals surface area contributed by atoms with Gasteiger partial charge >= 0.3 is 0 Å². The maximum absolute atomic E-state index is 12.3. The average Bonchev–Trinajstić information content (AvgIpc) is 2.59. The lowest BCUT2D eigenvalue weighted by Crippen LogP contribution is -2.29. The number of likely N-dealkylation sites (N-methyl/N-ethyl adjacent to an activating group) is 1. The first-order valence-electron chi connectivity index (χ1n) is 8.65. The van der Waals surface area contributed by atoms with Crippen LogP contribution in [-0.2, 0) is 11.3 Å². The van der Waals surface area contributed by atoms with E-state index in [1.54, 1.807) is 18.2 Å². The van der Waals surface area contributed by atoms with Gasteiger partial charge in [-0.2, -0.15) is 0 Å². The molecule has 1 N–H and O–H groups in total. The van der Waals surface area contributed by atoms with Crippen molar-refractivity contribution in [1.82, 2.24) is 4.90 Å². The molecule has 140 valence electrons. The van der Waals surface area contributed by atoms with Crippen LogP contribution in [0.15, 0.2) is 42.5 Å². The zero-order valence-corrected chi connectivity index (χ0v) is 16.2. The Kier molecular flexibility index (Phi) is 7.75. The van der Waals surface area contributed by atoms with Gasteiger partial charge in [-0.3, -0.25) is 9.69 Å². The van der Waals surface area contributed by atoms with E-state index in [1.165, 1.54) is 0 Å². The molecule has 0 aliphatic heterocycles. The maximum Gasteiger partial charge on any atom is 0.238 e. The summed E-state index contributed by atoms with van der Waals surface area (Å²) in [5, 5.41) is 3.59. The van der Waals surface area contributed by atoms with Gasteiger partial charge in [-0.05, 0) is 44.7 Å². The third-order valence-corrected chi connectivity index (χ3v) is 4.01. The number of nitrogens with zero attached hydrogens (tertiary/aromatic N) is 1. The van der Waals surface area contributed by atoms with Crippen molar-refractivity contribution in [3.63, 3.8) is 0 Å². The minimum atomic E-state index is -0.105. The lowest BCUT2D eigenvalue weighted by Gasteiger charge is -2.18. The number of carbonyl (C=O) groups excluding carboxylic acids is 1. The molecule has 2 rings (SSSR count). The lowest BCUT2D eigenvalue weighted by molar-refractivity contribution is -0.117. The van der Waals surface area contributed by atoms with E-state index in [-0.39, 0.29) is 12.5 Å². The molecule has 0 bridgehead atoms. The molecule has 1 amide bonds. The Morgan fingerprint density at radius 2 is 1.77 bits per heavy atom. The van der Waals surface area contributed by atoms with Crippen LogP contribution in [0.1, 0.15) is 19.4 Å². The monoisotopic (exact) mass is 376 g/mol. The lowest BCUT2D eigenvalue weighted by atomic mass is 10.2. The third kappa shape index (κ3) is 5.93. The summed E-state index contributed by atoms with van der Waals surface area (Å²) >= 11 is 6.17. The van der Waals surface area contributed by atoms with E-state index in [0.29, 0.717) is 42.0 Å². The minimum absolute atomic E-state index is 0.105. The van der Waals surface area contributed by atoms with Crippen molar-refractivity contribution in [1.29, 1.82) is 0 Å². The van der Waals surface area contributed by atoms with E-state index in [4.69, 9.17) is 21.1 Å². The molecule has 0 fully saturated rings. The van der Waals surface area contributed by atoms with Crippen molar-refractivity contribution < 1.29 is 14.3 Å². The highest BCUT2D eigenvalue weighted by molar-refractivity contribution is 6.31. The van der Waals surface area contributed by atoms with E-state index < -0.39 is 0 Å². The Morgan fingerprint density at radius 1 is 1.08 bits per heavy atom. The molecule has 0 aliphatic carbocycles. The van der Waals surface area contributed by atoms with Crippen LogP contribution >= 0.6 is 11.6 Å². The number of carbonyl (C=O) groups is 1. The number of ether oxygens (including phenoxy) is 2. The van der Waals surface area contributed by atoms with Crippen molar-refractivity contribution >= 4 is 23.2 Å². The topological polar surface area (TPSA) is 50.8 Å². The van der Waals surface area contributed by atoms with E-state index in [9.17, 15) is 4.79 Å². The summed E-state index contributed by atoms with van der Waals surface area (Å²) in [5.74, 6) is 1.19. The number of hydrogen-bond acceptors (Lipinski definition) is 4. The SMILES string of the molecule is CCOc1ccc(NC(=O)CN(C)Cc2ccccc2Cl)cc1OCC. The van der Waals surface area contributed by atoms with E-state index in [1.807, 2.05) is 50.1 Å². The second kappa shape index (κ2) is 10.0. The van der Waals surface area contributed by atoms with Gasteiger partial charge in [-0.1, -0.05) is 29.8 Å². The van der Waals surface area contributed by atoms with Crippen molar-refractivity contribution in [2.45, 2.75) is 20.4 Å². The van der Waals surface area contributed by atoms with Crippen LogP contribution in [0.2, 0.25) is 5.02 Å². The summed E-state index contributed by atoms with van der Waals surface area (Å²) in [6, 6.07) is 13.0. The Morgan fingerprint density at radius 3 is 2.46 bits per heavy atom. The molecule has 0 saturated carbocycles. The summed E-state index contributed by atoms with van der Waals surface area (Å²) in [4.78, 5) is 14.2. The van der Waals surface area contributed by atoms with Gasteiger partial charge in [0.1, 0.15) is 0 Å². The van der Waals surface area contributed by atoms with Crippen molar-refractivity contribution in [3.05, 3.63) is 53.1 Å². The first-order chi connectivity index (χ1) is 12.5. The molecular weight excluding hydrogens is 352 g/mol. The normalized spacial score (nSPS) is 10.7. The molecule has 26 heavy (non-hydrogen) atoms. The molecule has 0 saturated heterocycles. The molecular formula is C20H25ClN2O3. The molecule has 0 aromatic heterocycles. The molecule has 0 unspecified atom stereocenters. The number of nitrogens with one attached hydrogen (secondary N) is 1. The standard InChI is InChI=1S/C20H25ClN2O3/c1-4-25-18-11-10-16(12-19(18)26-5-2)22-20(24)14-23(3)13-15-8-6-7-9-17(15)21/h6-12H,4-5,13-14H2,1-3H3,(H,22,24). The second-order valence-corrected chi connectivity index (χ2v) is 6.25. The molecule has 6 heteroatoms. The van der Waals surface area contributed by atoms with E-state index >= 15 is 0 Å². The molecule has 5 nitrogen and oxygen atoms in total. The van der Waals surface area contributed by atoms with Gasteiger partial charge in [0.15, 0.2) is 11.5 Å². The number of anilines is 1. The molecule has 0 radical (unpaired) electrons. The fourth-order valence-corrected chi connectivity index (χ4v) is 2.74. The average molecular weight is 377 g/mol. The number of hydrogen-bond donors (Lipinski definition) is 1. The maximum atomic E-state index is 12.3. The van der Waals surface area contributed by atoms with Crippen LogP contribution in [0, 0.1) is 0 Å². The molecule has 0 heterocycles. The molecule has 0 spiro atoms. The predicted molar refractivity (Wildman–Crippen MR) is 105 cm³/mol. The summed E-state index contributed by atoms with van der Waals surface area (Å²) in [5.41, 5.74) is 1.66. The fourth-order valence-electron chi connectivity index (χ4n) is 2.55. The van der Waals surface area contributed by atoms with Crippen molar-refractivity contribution in [2.24, 2.45) is 0 Å². The van der Waals surface area contributed by atoms with Gasteiger partial charge in [0.25, 0.3) is 0 Å². The smallest absolute Gasteiger partial charge is 0.238 e. The third-order valence-electron chi connectivity index (χ3n) is 3.64. The Labute approximate surface area is 159 Å². The van der Waals surface area contributed by atoms with Crippen LogP contribution in [-0.4, -0.2) is 37.6 Å². The van der Waals surface area contributed by atoms with Gasteiger partial charge in [-0.25, -0.2) is 0 Å². The number of rotatable bonds is 9. The zero-order chi connectivity index (χ0) is 18.9. The summed E-state index contributed by atoms with van der Waals surface area (Å²) < 4.78 is 11.1. The van der Waals surface area contributed by atoms with Gasteiger partial charge in [0.05, 0.1) is 19.8 Å². The Bertz CT molecular complexity index is 737. The van der Waals surface area contributed by atoms with Crippen LogP contribution < -0.4 is 14.8 Å². The largest absolute Gasteiger partial charge is 0.490 e. The first kappa shape index (κ1) is 20.1. The number of halogens is 1. The molecule has 0 aliphatic rings. The molecule has 2 aromatic carbocycles. The van der Waals surface area contributed by atoms with Crippen LogP contribution in [0.25, 0.3) is 0 Å². The molecule has 2 aromatic rings. The Hall–Kier alpha value is -2.24. The van der Waals surface area contributed by atoms with Gasteiger partial charge < -0.3 is 14.8 Å². The Balaban J connectivity index is 1.96. The highest BCUT2D eigenvalue weighted by atomic mass is 35.5. The van der Waals surface area contributed by atoms with Gasteiger partial charge in [-0.15, -0.1) is 0 Å². The van der Waals surface area contributed by atoms with Crippen LogP contribution in [0.3, 0.4) is 0 Å². The molecule has 0 atom stereocenters. The van der Waals surface area contributed by atoms with Crippen LogP contribution in [0.5, 0.6) is 11.5 Å². The first-order valence-corrected chi connectivity index (χ1v) is 9.02. The van der Waals surface area contributed by atoms with Crippen molar-refractivity contribution in [2.75, 3.05) is 32.1 Å². The minimum Gasteiger partial charge on any atom is -0.490 e. The van der Waals surface area contributed by atoms with Crippen molar-refractivity contribution in [3.8, 4) is 11.5 Å².